The lowest BCUT2D eigenvalue weighted by Crippen LogP contribution is -2.36. The minimum atomic E-state index is 0.580. The third kappa shape index (κ3) is 3.84. The smallest absolute Gasteiger partial charge is 0.167 e. The minimum Gasteiger partial charge on any atom is -0.384 e. The summed E-state index contributed by atoms with van der Waals surface area (Å²) < 4.78 is 12.5. The molecule has 4 rings (SSSR count). The molecule has 0 saturated carbocycles. The Morgan fingerprint density at radius 3 is 2.67 bits per heavy atom. The molecule has 7 heteroatoms. The SMILES string of the molecule is COCCc1nc(-c2ccccc2N2CCOCC2)n(-c2ccccn2)n1. The van der Waals surface area contributed by atoms with Crippen LogP contribution < -0.4 is 4.90 Å². The van der Waals surface area contributed by atoms with Crippen LogP contribution in [0.25, 0.3) is 17.2 Å². The molecule has 140 valence electrons. The number of anilines is 1. The van der Waals surface area contributed by atoms with Gasteiger partial charge in [0.25, 0.3) is 0 Å². The molecule has 0 radical (unpaired) electrons. The van der Waals surface area contributed by atoms with E-state index in [4.69, 9.17) is 19.6 Å². The number of ether oxygens (including phenoxy) is 2. The summed E-state index contributed by atoms with van der Waals surface area (Å²) in [7, 11) is 1.68. The van der Waals surface area contributed by atoms with Crippen molar-refractivity contribution in [2.75, 3.05) is 44.9 Å². The van der Waals surface area contributed by atoms with E-state index in [0.717, 1.165) is 55.0 Å². The van der Waals surface area contributed by atoms with E-state index in [1.165, 1.54) is 0 Å². The third-order valence-corrected chi connectivity index (χ3v) is 4.54. The van der Waals surface area contributed by atoms with Crippen molar-refractivity contribution in [1.82, 2.24) is 19.7 Å². The molecule has 0 unspecified atom stereocenters. The third-order valence-electron chi connectivity index (χ3n) is 4.54. The van der Waals surface area contributed by atoms with Crippen LogP contribution in [0.4, 0.5) is 5.69 Å². The Hall–Kier alpha value is -2.77. The van der Waals surface area contributed by atoms with Gasteiger partial charge in [-0.1, -0.05) is 18.2 Å². The van der Waals surface area contributed by atoms with E-state index in [9.17, 15) is 0 Å². The predicted octanol–water partition coefficient (Wildman–Crippen LogP) is 2.35. The van der Waals surface area contributed by atoms with E-state index in [1.807, 2.05) is 28.9 Å². The summed E-state index contributed by atoms with van der Waals surface area (Å²) in [5, 5.41) is 4.70. The number of pyridine rings is 1. The summed E-state index contributed by atoms with van der Waals surface area (Å²) >= 11 is 0. The molecular formula is C20H23N5O2. The van der Waals surface area contributed by atoms with Gasteiger partial charge in [-0.15, -0.1) is 5.10 Å². The van der Waals surface area contributed by atoms with Crippen molar-refractivity contribution in [3.8, 4) is 17.2 Å². The van der Waals surface area contributed by atoms with Crippen molar-refractivity contribution in [2.45, 2.75) is 6.42 Å². The maximum atomic E-state index is 5.51. The van der Waals surface area contributed by atoms with Gasteiger partial charge in [-0.2, -0.15) is 4.68 Å². The molecule has 3 aromatic rings. The highest BCUT2D eigenvalue weighted by Crippen LogP contribution is 2.31. The second kappa shape index (κ2) is 8.28. The minimum absolute atomic E-state index is 0.580. The highest BCUT2D eigenvalue weighted by Gasteiger charge is 2.21. The van der Waals surface area contributed by atoms with E-state index in [-0.39, 0.29) is 0 Å². The zero-order valence-electron chi connectivity index (χ0n) is 15.4. The Labute approximate surface area is 158 Å². The Bertz CT molecular complexity index is 875. The number of hydrogen-bond donors (Lipinski definition) is 0. The molecule has 1 aromatic carbocycles. The lowest BCUT2D eigenvalue weighted by atomic mass is 10.1. The summed E-state index contributed by atoms with van der Waals surface area (Å²) in [5.74, 6) is 2.29. The zero-order chi connectivity index (χ0) is 18.5. The van der Waals surface area contributed by atoms with Crippen LogP contribution in [0.15, 0.2) is 48.7 Å². The molecule has 1 saturated heterocycles. The van der Waals surface area contributed by atoms with Gasteiger partial charge in [-0.25, -0.2) is 9.97 Å². The lowest BCUT2D eigenvalue weighted by molar-refractivity contribution is 0.123. The highest BCUT2D eigenvalue weighted by atomic mass is 16.5. The highest BCUT2D eigenvalue weighted by molar-refractivity contribution is 5.75. The average molecular weight is 365 g/mol. The van der Waals surface area contributed by atoms with Crippen molar-refractivity contribution < 1.29 is 9.47 Å². The number of aromatic nitrogens is 4. The predicted molar refractivity (Wildman–Crippen MR) is 103 cm³/mol. The molecule has 0 amide bonds. The first-order chi connectivity index (χ1) is 13.4. The topological polar surface area (TPSA) is 65.3 Å². The molecule has 0 N–H and O–H groups in total. The largest absolute Gasteiger partial charge is 0.384 e. The number of methoxy groups -OCH3 is 1. The fourth-order valence-electron chi connectivity index (χ4n) is 3.21. The van der Waals surface area contributed by atoms with Crippen LogP contribution in [-0.2, 0) is 15.9 Å². The zero-order valence-corrected chi connectivity index (χ0v) is 15.4. The van der Waals surface area contributed by atoms with Gasteiger partial charge in [0.2, 0.25) is 0 Å². The first-order valence-corrected chi connectivity index (χ1v) is 9.15. The van der Waals surface area contributed by atoms with Crippen LogP contribution in [-0.4, -0.2) is 59.8 Å². The first kappa shape index (κ1) is 17.6. The standard InChI is InChI=1S/C20H23N5O2/c1-26-13-9-18-22-20(25(23-18)19-8-4-5-10-21-19)16-6-2-3-7-17(16)24-11-14-27-15-12-24/h2-8,10H,9,11-15H2,1H3. The van der Waals surface area contributed by atoms with Crippen LogP contribution in [0.5, 0.6) is 0 Å². The second-order valence-electron chi connectivity index (χ2n) is 6.31. The van der Waals surface area contributed by atoms with E-state index in [2.05, 4.69) is 28.1 Å². The molecule has 0 aliphatic carbocycles. The number of para-hydroxylation sites is 1. The molecule has 3 heterocycles. The maximum Gasteiger partial charge on any atom is 0.167 e. The molecule has 1 fully saturated rings. The van der Waals surface area contributed by atoms with E-state index in [0.29, 0.717) is 13.0 Å². The van der Waals surface area contributed by atoms with Gasteiger partial charge in [0, 0.05) is 44.1 Å². The Morgan fingerprint density at radius 1 is 1.07 bits per heavy atom. The van der Waals surface area contributed by atoms with Gasteiger partial charge in [0.1, 0.15) is 0 Å². The van der Waals surface area contributed by atoms with Gasteiger partial charge in [-0.3, -0.25) is 0 Å². The monoisotopic (exact) mass is 365 g/mol. The lowest BCUT2D eigenvalue weighted by Gasteiger charge is -2.30. The van der Waals surface area contributed by atoms with Gasteiger partial charge in [0.15, 0.2) is 17.5 Å². The van der Waals surface area contributed by atoms with E-state index >= 15 is 0 Å². The van der Waals surface area contributed by atoms with Crippen molar-refractivity contribution in [3.05, 3.63) is 54.5 Å². The van der Waals surface area contributed by atoms with Gasteiger partial charge in [-0.05, 0) is 24.3 Å². The second-order valence-corrected chi connectivity index (χ2v) is 6.31. The molecule has 0 bridgehead atoms. The summed E-state index contributed by atoms with van der Waals surface area (Å²) in [6.07, 6.45) is 2.42. The molecule has 0 spiro atoms. The number of nitrogens with zero attached hydrogens (tertiary/aromatic N) is 5. The summed E-state index contributed by atoms with van der Waals surface area (Å²) in [4.78, 5) is 11.6. The molecule has 7 nitrogen and oxygen atoms in total. The average Bonchev–Trinajstić information content (AvgIpc) is 3.17. The number of morpholine rings is 1. The summed E-state index contributed by atoms with van der Waals surface area (Å²) in [5.41, 5.74) is 2.19. The van der Waals surface area contributed by atoms with Crippen molar-refractivity contribution in [3.63, 3.8) is 0 Å². The van der Waals surface area contributed by atoms with E-state index < -0.39 is 0 Å². The quantitative estimate of drug-likeness (QED) is 0.668. The van der Waals surface area contributed by atoms with Crippen molar-refractivity contribution in [1.29, 1.82) is 0 Å². The Kier molecular flexibility index (Phi) is 5.41. The number of rotatable bonds is 6. The first-order valence-electron chi connectivity index (χ1n) is 9.15. The molecule has 2 aromatic heterocycles. The molecule has 1 aliphatic heterocycles. The van der Waals surface area contributed by atoms with Crippen LogP contribution in [0, 0.1) is 0 Å². The normalized spacial score (nSPS) is 14.5. The molecule has 27 heavy (non-hydrogen) atoms. The van der Waals surface area contributed by atoms with Crippen LogP contribution in [0.3, 0.4) is 0 Å². The van der Waals surface area contributed by atoms with Gasteiger partial charge < -0.3 is 14.4 Å². The number of benzene rings is 1. The van der Waals surface area contributed by atoms with Crippen LogP contribution in [0.1, 0.15) is 5.82 Å². The fourth-order valence-corrected chi connectivity index (χ4v) is 3.21. The molecule has 1 aliphatic rings. The van der Waals surface area contributed by atoms with Crippen LogP contribution in [0.2, 0.25) is 0 Å². The Morgan fingerprint density at radius 2 is 1.89 bits per heavy atom. The molecule has 0 atom stereocenters. The van der Waals surface area contributed by atoms with Crippen molar-refractivity contribution >= 4 is 5.69 Å². The van der Waals surface area contributed by atoms with Crippen molar-refractivity contribution in [2.24, 2.45) is 0 Å². The Balaban J connectivity index is 1.80. The van der Waals surface area contributed by atoms with Crippen LogP contribution >= 0.6 is 0 Å². The number of hydrogen-bond acceptors (Lipinski definition) is 6. The summed E-state index contributed by atoms with van der Waals surface area (Å²) in [6, 6.07) is 14.1. The summed E-state index contributed by atoms with van der Waals surface area (Å²) in [6.45, 7) is 3.79. The van der Waals surface area contributed by atoms with E-state index in [1.54, 1.807) is 13.3 Å². The molecular weight excluding hydrogens is 342 g/mol. The van der Waals surface area contributed by atoms with Gasteiger partial charge in [0.05, 0.1) is 19.8 Å². The van der Waals surface area contributed by atoms with Gasteiger partial charge >= 0.3 is 0 Å². The fraction of sp³-hybridized carbons (Fsp3) is 0.350. The maximum absolute atomic E-state index is 5.51.